The number of anilines is 1. The number of amides is 1. The molecule has 0 fully saturated rings. The molecule has 13 heteroatoms. The van der Waals surface area contributed by atoms with Gasteiger partial charge in [-0.3, -0.25) is 9.48 Å². The number of aryl methyl sites for hydroxylation is 1. The zero-order valence-corrected chi connectivity index (χ0v) is 19.7. The van der Waals surface area contributed by atoms with Crippen molar-refractivity contribution in [3.05, 3.63) is 60.3 Å². The summed E-state index contributed by atoms with van der Waals surface area (Å²) in [7, 11) is 3.39. The highest BCUT2D eigenvalue weighted by Crippen LogP contribution is 2.32. The number of carbonyl (C=O) groups is 1. The molecule has 3 N–H and O–H groups in total. The molecule has 5 aromatic rings. The second-order valence-corrected chi connectivity index (χ2v) is 8.26. The van der Waals surface area contributed by atoms with Gasteiger partial charge in [-0.05, 0) is 23.3 Å². The average Bonchev–Trinajstić information content (AvgIpc) is 3.63. The summed E-state index contributed by atoms with van der Waals surface area (Å²) >= 11 is 0. The second kappa shape index (κ2) is 9.08. The Hall–Kier alpha value is -4.68. The molecule has 0 saturated heterocycles. The molecule has 0 spiro atoms. The van der Waals surface area contributed by atoms with E-state index in [1.807, 2.05) is 13.1 Å². The van der Waals surface area contributed by atoms with Gasteiger partial charge in [0.05, 0.1) is 41.6 Å². The number of rotatable bonds is 2. The smallest absolute Gasteiger partial charge is 0.493 e. The standard InChI is InChI=1S/C12H9F3N2O.C12H12N6O/c13-12(14,15)17-7-10(6-16-17)9-2-1-8-3-4-18-11(8)5-9;1-14-12(19)8-3-6-9(5-15-8)17-11(13)7-4-16-18(2)10(6)7/h1-2,5-7H,3-4H2;3-5H,1-2H3,(H2,13,17)(H,14,19). The van der Waals surface area contributed by atoms with Crippen molar-refractivity contribution in [3.8, 4) is 16.9 Å². The maximum atomic E-state index is 12.4. The van der Waals surface area contributed by atoms with E-state index in [9.17, 15) is 18.0 Å². The number of benzene rings is 1. The van der Waals surface area contributed by atoms with Crippen LogP contribution in [0, 0.1) is 0 Å². The van der Waals surface area contributed by atoms with Gasteiger partial charge in [0.15, 0.2) is 0 Å². The molecule has 4 aromatic heterocycles. The van der Waals surface area contributed by atoms with Crippen LogP contribution in [0.5, 0.6) is 5.75 Å². The zero-order valence-electron chi connectivity index (χ0n) is 19.7. The highest BCUT2D eigenvalue weighted by molar-refractivity contribution is 6.09. The molecular formula is C24H21F3N8O2. The van der Waals surface area contributed by atoms with Crippen LogP contribution in [0.2, 0.25) is 0 Å². The zero-order chi connectivity index (χ0) is 26.3. The minimum atomic E-state index is -4.48. The summed E-state index contributed by atoms with van der Waals surface area (Å²) in [5, 5.41) is 11.6. The molecule has 10 nitrogen and oxygen atoms in total. The van der Waals surface area contributed by atoms with Crippen molar-refractivity contribution in [1.82, 2.24) is 34.8 Å². The molecule has 0 atom stereocenters. The van der Waals surface area contributed by atoms with Crippen LogP contribution in [0.3, 0.4) is 0 Å². The number of fused-ring (bicyclic) bond motifs is 4. The van der Waals surface area contributed by atoms with E-state index < -0.39 is 6.30 Å². The number of nitrogen functional groups attached to an aromatic ring is 1. The van der Waals surface area contributed by atoms with Crippen molar-refractivity contribution < 1.29 is 22.7 Å². The van der Waals surface area contributed by atoms with E-state index in [-0.39, 0.29) is 10.6 Å². The third kappa shape index (κ3) is 4.50. The van der Waals surface area contributed by atoms with Crippen LogP contribution in [0.1, 0.15) is 16.1 Å². The number of hydrogen-bond acceptors (Lipinski definition) is 7. The SMILES string of the molecule is CNC(=O)c1cc2c(cn1)nc(N)c1cnn(C)c12.FC(F)(F)n1cc(-c2ccc3c(c2)OCC3)cn1. The van der Waals surface area contributed by atoms with Gasteiger partial charge in [-0.25, -0.2) is 9.97 Å². The maximum absolute atomic E-state index is 12.4. The topological polar surface area (TPSA) is 126 Å². The molecule has 1 aliphatic rings. The minimum absolute atomic E-state index is 0.00355. The third-order valence-electron chi connectivity index (χ3n) is 5.93. The lowest BCUT2D eigenvalue weighted by molar-refractivity contribution is -0.212. The summed E-state index contributed by atoms with van der Waals surface area (Å²) in [6.45, 7) is 0.626. The van der Waals surface area contributed by atoms with Crippen molar-refractivity contribution in [2.75, 3.05) is 19.4 Å². The van der Waals surface area contributed by atoms with E-state index >= 15 is 0 Å². The highest BCUT2D eigenvalue weighted by atomic mass is 19.4. The van der Waals surface area contributed by atoms with Crippen molar-refractivity contribution in [3.63, 3.8) is 0 Å². The number of ether oxygens (including phenoxy) is 1. The summed E-state index contributed by atoms with van der Waals surface area (Å²) in [5.41, 5.74) is 9.89. The molecule has 1 amide bonds. The molecule has 0 radical (unpaired) electrons. The fourth-order valence-electron chi connectivity index (χ4n) is 4.07. The Labute approximate surface area is 207 Å². The van der Waals surface area contributed by atoms with E-state index in [1.54, 1.807) is 42.3 Å². The maximum Gasteiger partial charge on any atom is 0.504 e. The summed E-state index contributed by atoms with van der Waals surface area (Å²) in [6.07, 6.45) is 1.74. The lowest BCUT2D eigenvalue weighted by Crippen LogP contribution is -2.19. The van der Waals surface area contributed by atoms with Crippen molar-refractivity contribution >= 4 is 33.5 Å². The van der Waals surface area contributed by atoms with Crippen LogP contribution in [0.15, 0.2) is 49.1 Å². The van der Waals surface area contributed by atoms with Crippen LogP contribution >= 0.6 is 0 Å². The minimum Gasteiger partial charge on any atom is -0.493 e. The number of nitrogens with one attached hydrogen (secondary N) is 1. The van der Waals surface area contributed by atoms with Gasteiger partial charge in [0.2, 0.25) is 0 Å². The number of alkyl halides is 3. The summed E-state index contributed by atoms with van der Waals surface area (Å²) < 4.78 is 44.3. The van der Waals surface area contributed by atoms with Gasteiger partial charge in [-0.15, -0.1) is 13.2 Å². The summed E-state index contributed by atoms with van der Waals surface area (Å²) in [5.74, 6) is 0.909. The van der Waals surface area contributed by atoms with E-state index in [2.05, 4.69) is 25.5 Å². The molecule has 0 bridgehead atoms. The largest absolute Gasteiger partial charge is 0.504 e. The number of hydrogen-bond donors (Lipinski definition) is 2. The molecule has 1 aromatic carbocycles. The first-order valence-corrected chi connectivity index (χ1v) is 11.1. The van der Waals surface area contributed by atoms with Crippen molar-refractivity contribution in [1.29, 1.82) is 0 Å². The molecule has 37 heavy (non-hydrogen) atoms. The normalized spacial score (nSPS) is 12.7. The van der Waals surface area contributed by atoms with Gasteiger partial charge in [0.25, 0.3) is 5.91 Å². The van der Waals surface area contributed by atoms with Crippen LogP contribution < -0.4 is 15.8 Å². The Kier molecular flexibility index (Phi) is 5.90. The lowest BCUT2D eigenvalue weighted by Gasteiger charge is -2.05. The Bertz CT molecular complexity index is 1640. The van der Waals surface area contributed by atoms with Crippen LogP contribution in [-0.2, 0) is 19.8 Å². The quantitative estimate of drug-likeness (QED) is 0.373. The molecule has 0 saturated carbocycles. The number of aromatic nitrogens is 6. The monoisotopic (exact) mass is 510 g/mol. The van der Waals surface area contributed by atoms with E-state index in [0.29, 0.717) is 34.8 Å². The first-order valence-electron chi connectivity index (χ1n) is 11.1. The predicted octanol–water partition coefficient (Wildman–Crippen LogP) is 3.42. The van der Waals surface area contributed by atoms with Gasteiger partial charge in [-0.1, -0.05) is 12.1 Å². The number of nitrogens with zero attached hydrogens (tertiary/aromatic N) is 6. The van der Waals surface area contributed by atoms with Crippen molar-refractivity contribution in [2.24, 2.45) is 7.05 Å². The van der Waals surface area contributed by atoms with Gasteiger partial charge in [-0.2, -0.15) is 14.9 Å². The van der Waals surface area contributed by atoms with E-state index in [1.165, 1.54) is 6.20 Å². The lowest BCUT2D eigenvalue weighted by atomic mass is 10.1. The Morgan fingerprint density at radius 3 is 2.65 bits per heavy atom. The summed E-state index contributed by atoms with van der Waals surface area (Å²) in [4.78, 5) is 20.0. The fraction of sp³-hybridized carbons (Fsp3) is 0.208. The van der Waals surface area contributed by atoms with Gasteiger partial charge >= 0.3 is 6.30 Å². The first-order chi connectivity index (χ1) is 17.7. The Morgan fingerprint density at radius 2 is 1.92 bits per heavy atom. The molecule has 0 unspecified atom stereocenters. The third-order valence-corrected chi connectivity index (χ3v) is 5.93. The summed E-state index contributed by atoms with van der Waals surface area (Å²) in [6, 6.07) is 7.11. The van der Waals surface area contributed by atoms with Gasteiger partial charge < -0.3 is 15.8 Å². The number of halogens is 3. The van der Waals surface area contributed by atoms with E-state index in [0.717, 1.165) is 40.2 Å². The van der Waals surface area contributed by atoms with Crippen LogP contribution in [0.4, 0.5) is 19.0 Å². The van der Waals surface area contributed by atoms with Gasteiger partial charge in [0, 0.05) is 37.7 Å². The van der Waals surface area contributed by atoms with Crippen LogP contribution in [0.25, 0.3) is 32.9 Å². The number of carbonyl (C=O) groups excluding carboxylic acids is 1. The van der Waals surface area contributed by atoms with Crippen molar-refractivity contribution in [2.45, 2.75) is 12.7 Å². The molecule has 1 aliphatic heterocycles. The molecular weight excluding hydrogens is 489 g/mol. The van der Waals surface area contributed by atoms with Crippen LogP contribution in [-0.4, -0.2) is 49.1 Å². The first kappa shape index (κ1) is 24.0. The predicted molar refractivity (Wildman–Crippen MR) is 130 cm³/mol. The highest BCUT2D eigenvalue weighted by Gasteiger charge is 2.31. The molecule has 190 valence electrons. The Morgan fingerprint density at radius 1 is 1.11 bits per heavy atom. The Balaban J connectivity index is 0.000000152. The van der Waals surface area contributed by atoms with Gasteiger partial charge in [0.1, 0.15) is 17.3 Å². The fourth-order valence-corrected chi connectivity index (χ4v) is 4.07. The molecule has 6 rings (SSSR count). The molecule has 0 aliphatic carbocycles. The average molecular weight is 510 g/mol. The number of nitrogens with two attached hydrogens (primary N) is 1. The van der Waals surface area contributed by atoms with E-state index in [4.69, 9.17) is 10.5 Å². The molecule has 5 heterocycles. The second-order valence-electron chi connectivity index (χ2n) is 8.26. The number of pyridine rings is 2.